The molecule has 3 aliphatic rings. The molecule has 5 rings (SSSR count). The normalized spacial score (nSPS) is 28.6. The predicted molar refractivity (Wildman–Crippen MR) is 135 cm³/mol. The van der Waals surface area contributed by atoms with Crippen LogP contribution in [0.15, 0.2) is 28.9 Å². The molecular weight excluding hydrogens is 472 g/mol. The van der Waals surface area contributed by atoms with E-state index in [0.29, 0.717) is 18.5 Å². The fraction of sp³-hybridized carbons (Fsp3) is 0.542. The number of rotatable bonds is 6. The Labute approximate surface area is 208 Å². The van der Waals surface area contributed by atoms with Gasteiger partial charge in [-0.25, -0.2) is 0 Å². The van der Waals surface area contributed by atoms with E-state index in [0.717, 1.165) is 61.1 Å². The smallest absolute Gasteiger partial charge is 0.243 e. The summed E-state index contributed by atoms with van der Waals surface area (Å²) in [6.07, 6.45) is 7.93. The van der Waals surface area contributed by atoms with Crippen molar-refractivity contribution in [2.45, 2.75) is 79.6 Å². The molecule has 2 aliphatic heterocycles. The van der Waals surface area contributed by atoms with Crippen LogP contribution < -0.4 is 21.7 Å². The van der Waals surface area contributed by atoms with E-state index in [1.807, 2.05) is 18.2 Å². The first-order valence-electron chi connectivity index (χ1n) is 11.9. The van der Waals surface area contributed by atoms with Gasteiger partial charge in [0.1, 0.15) is 11.9 Å². The van der Waals surface area contributed by atoms with Crippen molar-refractivity contribution in [2.24, 2.45) is 11.5 Å². The van der Waals surface area contributed by atoms with Gasteiger partial charge >= 0.3 is 0 Å². The lowest BCUT2D eigenvalue weighted by atomic mass is 9.91. The number of nitrogens with two attached hydrogens (primary N) is 2. The van der Waals surface area contributed by atoms with Gasteiger partial charge in [0.2, 0.25) is 5.91 Å². The van der Waals surface area contributed by atoms with Crippen molar-refractivity contribution in [1.29, 1.82) is 5.41 Å². The van der Waals surface area contributed by atoms with Crippen LogP contribution >= 0.6 is 23.4 Å². The number of nitrogens with one attached hydrogen (secondary N) is 2. The maximum absolute atomic E-state index is 13.5. The largest absolute Gasteiger partial charge is 0.384 e. The minimum Gasteiger partial charge on any atom is -0.384 e. The van der Waals surface area contributed by atoms with E-state index in [1.165, 1.54) is 0 Å². The average Bonchev–Trinajstić information content (AvgIpc) is 3.54. The van der Waals surface area contributed by atoms with Crippen LogP contribution in [-0.4, -0.2) is 39.7 Å². The van der Waals surface area contributed by atoms with E-state index in [2.05, 4.69) is 15.4 Å². The Bertz CT molecular complexity index is 1070. The molecule has 0 bridgehead atoms. The second-order valence-electron chi connectivity index (χ2n) is 9.55. The van der Waals surface area contributed by atoms with Crippen molar-refractivity contribution in [3.63, 3.8) is 0 Å². The fourth-order valence-corrected chi connectivity index (χ4v) is 6.99. The molecule has 34 heavy (non-hydrogen) atoms. The number of fused-ring (bicyclic) bond motifs is 1. The van der Waals surface area contributed by atoms with Crippen molar-refractivity contribution in [1.82, 2.24) is 10.5 Å². The number of carbonyl (C=O) groups excluding carboxylic acids is 1. The summed E-state index contributed by atoms with van der Waals surface area (Å²) in [6, 6.07) is 5.78. The predicted octanol–water partition coefficient (Wildman–Crippen LogP) is 3.41. The molecule has 6 N–H and O–H groups in total. The highest BCUT2D eigenvalue weighted by Gasteiger charge is 2.38. The fourth-order valence-electron chi connectivity index (χ4n) is 5.27. The Morgan fingerprint density at radius 2 is 2.06 bits per heavy atom. The summed E-state index contributed by atoms with van der Waals surface area (Å²) < 4.78 is 5.74. The molecule has 1 aliphatic carbocycles. The number of nitrogen functional groups attached to an aromatic ring is 1. The molecule has 182 valence electrons. The summed E-state index contributed by atoms with van der Waals surface area (Å²) in [5, 5.41) is 15.4. The first-order valence-corrected chi connectivity index (χ1v) is 13.3. The van der Waals surface area contributed by atoms with Crippen molar-refractivity contribution < 1.29 is 9.32 Å². The molecule has 1 amide bonds. The number of amides is 1. The number of carbonyl (C=O) groups is 1. The third kappa shape index (κ3) is 4.78. The number of alkyl halides is 1. The van der Waals surface area contributed by atoms with Gasteiger partial charge in [0, 0.05) is 41.9 Å². The number of anilines is 1. The molecule has 2 aromatic rings. The van der Waals surface area contributed by atoms with Gasteiger partial charge in [-0.3, -0.25) is 10.2 Å². The molecule has 0 spiro atoms. The van der Waals surface area contributed by atoms with Crippen LogP contribution in [0, 0.1) is 5.41 Å². The second-order valence-corrected chi connectivity index (χ2v) is 11.7. The van der Waals surface area contributed by atoms with E-state index in [-0.39, 0.29) is 39.8 Å². The number of hydrogen-bond acceptors (Lipinski definition) is 7. The maximum atomic E-state index is 13.5. The Morgan fingerprint density at radius 1 is 1.26 bits per heavy atom. The number of nitrogens with zero attached hydrogens (tertiary/aromatic N) is 2. The third-order valence-corrected chi connectivity index (χ3v) is 9.03. The summed E-state index contributed by atoms with van der Waals surface area (Å²) in [7, 11) is 0. The molecular formula is C24H31ClN6O2S. The average molecular weight is 503 g/mol. The Kier molecular flexibility index (Phi) is 6.77. The van der Waals surface area contributed by atoms with Crippen molar-refractivity contribution in [3.05, 3.63) is 46.8 Å². The molecule has 3 unspecified atom stereocenters. The third-order valence-electron chi connectivity index (χ3n) is 7.19. The molecule has 3 heterocycles. The van der Waals surface area contributed by atoms with Crippen molar-refractivity contribution in [3.8, 4) is 0 Å². The van der Waals surface area contributed by atoms with Crippen LogP contribution in [0.1, 0.15) is 66.2 Å². The van der Waals surface area contributed by atoms with E-state index >= 15 is 0 Å². The summed E-state index contributed by atoms with van der Waals surface area (Å²) in [6.45, 7) is 0.491. The van der Waals surface area contributed by atoms with Crippen LogP contribution in [-0.2, 0) is 17.8 Å². The van der Waals surface area contributed by atoms with Crippen molar-refractivity contribution in [2.75, 3.05) is 4.90 Å². The standard InChI is InChI=1S/C24H31ClN6O2S/c25-21-8-7-20(34-21)22-15(11-29-33-22)12-31-18-10-14(23(27)28)2-1-13(18)9-19(31)24(32)30-17-5-3-16(26)4-6-17/h1-2,10-11,16-17,19-21H,3-9,12,26H2,(H3,27,28)(H,30,32)/t16-,17-,19?,20?,21?. The molecule has 1 aromatic carbocycles. The monoisotopic (exact) mass is 502 g/mol. The van der Waals surface area contributed by atoms with Gasteiger partial charge in [-0.1, -0.05) is 17.3 Å². The van der Waals surface area contributed by atoms with Gasteiger partial charge in [-0.15, -0.1) is 23.4 Å². The number of amidine groups is 1. The summed E-state index contributed by atoms with van der Waals surface area (Å²) in [4.78, 5) is 15.6. The van der Waals surface area contributed by atoms with Crippen LogP contribution in [0.5, 0.6) is 0 Å². The zero-order chi connectivity index (χ0) is 23.8. The van der Waals surface area contributed by atoms with Gasteiger partial charge in [0.15, 0.2) is 5.76 Å². The Morgan fingerprint density at radius 3 is 2.76 bits per heavy atom. The van der Waals surface area contributed by atoms with Crippen LogP contribution in [0.3, 0.4) is 0 Å². The number of hydrogen-bond donors (Lipinski definition) is 4. The lowest BCUT2D eigenvalue weighted by molar-refractivity contribution is -0.123. The van der Waals surface area contributed by atoms with Gasteiger partial charge in [-0.05, 0) is 50.2 Å². The molecule has 1 saturated carbocycles. The zero-order valence-electron chi connectivity index (χ0n) is 19.0. The van der Waals surface area contributed by atoms with Gasteiger partial charge in [-0.2, -0.15) is 0 Å². The minimum absolute atomic E-state index is 0.00960. The van der Waals surface area contributed by atoms with Crippen LogP contribution in [0.25, 0.3) is 0 Å². The quantitative estimate of drug-likeness (QED) is 0.270. The van der Waals surface area contributed by atoms with Gasteiger partial charge < -0.3 is 26.2 Å². The second kappa shape index (κ2) is 9.79. The first-order chi connectivity index (χ1) is 16.4. The lowest BCUT2D eigenvalue weighted by Gasteiger charge is -2.31. The van der Waals surface area contributed by atoms with E-state index in [4.69, 9.17) is 33.0 Å². The van der Waals surface area contributed by atoms with Crippen LogP contribution in [0.4, 0.5) is 5.69 Å². The number of thioether (sulfide) groups is 1. The summed E-state index contributed by atoms with van der Waals surface area (Å²) in [5.74, 6) is 0.871. The molecule has 1 aromatic heterocycles. The molecule has 10 heteroatoms. The SMILES string of the molecule is N=C(N)c1ccc2c(c1)N(Cc1cnoc1C1CCC(Cl)S1)C(C(=O)N[C@H]1CC[C@H](N)CC1)C2. The van der Waals surface area contributed by atoms with E-state index < -0.39 is 0 Å². The van der Waals surface area contributed by atoms with Crippen molar-refractivity contribution >= 4 is 40.8 Å². The lowest BCUT2D eigenvalue weighted by Crippen LogP contribution is -2.49. The van der Waals surface area contributed by atoms with Gasteiger partial charge in [0.05, 0.1) is 16.2 Å². The Hall–Kier alpha value is -2.23. The molecule has 8 nitrogen and oxygen atoms in total. The zero-order valence-corrected chi connectivity index (χ0v) is 20.6. The van der Waals surface area contributed by atoms with E-state index in [1.54, 1.807) is 18.0 Å². The van der Waals surface area contributed by atoms with Gasteiger partial charge in [0.25, 0.3) is 0 Å². The number of benzene rings is 1. The molecule has 0 radical (unpaired) electrons. The topological polar surface area (TPSA) is 134 Å². The molecule has 2 fully saturated rings. The highest BCUT2D eigenvalue weighted by atomic mass is 35.5. The van der Waals surface area contributed by atoms with E-state index in [9.17, 15) is 4.79 Å². The minimum atomic E-state index is -0.354. The summed E-state index contributed by atoms with van der Waals surface area (Å²) in [5.41, 5.74) is 15.4. The number of halogens is 1. The highest BCUT2D eigenvalue weighted by molar-refractivity contribution is 8.01. The molecule has 1 saturated heterocycles. The number of aromatic nitrogens is 1. The first kappa shape index (κ1) is 23.5. The molecule has 3 atom stereocenters. The maximum Gasteiger partial charge on any atom is 0.243 e. The highest BCUT2D eigenvalue weighted by Crippen LogP contribution is 2.47. The Balaban J connectivity index is 1.41. The summed E-state index contributed by atoms with van der Waals surface area (Å²) >= 11 is 8.02. The van der Waals surface area contributed by atoms with Crippen LogP contribution in [0.2, 0.25) is 0 Å².